The smallest absolute Gasteiger partial charge is 0.257 e. The second-order valence-electron chi connectivity index (χ2n) is 8.66. The number of nitrogens with one attached hydrogen (secondary N) is 2. The maximum absolute atomic E-state index is 13.8. The summed E-state index contributed by atoms with van der Waals surface area (Å²) in [6.07, 6.45) is 2.59. The van der Waals surface area contributed by atoms with Crippen LogP contribution in [0, 0.1) is 0 Å². The highest BCUT2D eigenvalue weighted by molar-refractivity contribution is 7.89. The first-order valence-electron chi connectivity index (χ1n) is 11.6. The van der Waals surface area contributed by atoms with Gasteiger partial charge in [0, 0.05) is 37.9 Å². The van der Waals surface area contributed by atoms with E-state index in [1.165, 1.54) is 11.6 Å². The van der Waals surface area contributed by atoms with Crippen LogP contribution in [-0.2, 0) is 21.2 Å². The first kappa shape index (κ1) is 25.3. The van der Waals surface area contributed by atoms with Gasteiger partial charge >= 0.3 is 0 Å². The van der Waals surface area contributed by atoms with E-state index in [0.29, 0.717) is 11.4 Å². The molecule has 1 fully saturated rings. The molecule has 1 saturated heterocycles. The number of anilines is 2. The van der Waals surface area contributed by atoms with E-state index >= 15 is 0 Å². The molecular weight excluding hydrogens is 495 g/mol. The topological polar surface area (TPSA) is 81.8 Å². The lowest BCUT2D eigenvalue weighted by atomic mass is 9.88. The number of hydrogen-bond donors (Lipinski definition) is 2. The maximum Gasteiger partial charge on any atom is 0.257 e. The fourth-order valence-corrected chi connectivity index (χ4v) is 6.31. The third-order valence-corrected chi connectivity index (χ3v) is 8.44. The van der Waals surface area contributed by atoms with Crippen LogP contribution in [-0.4, -0.2) is 56.8 Å². The van der Waals surface area contributed by atoms with Crippen LogP contribution in [0.1, 0.15) is 36.9 Å². The molecule has 0 radical (unpaired) electrons. The number of amides is 1. The molecule has 0 aromatic heterocycles. The van der Waals surface area contributed by atoms with E-state index < -0.39 is 20.8 Å². The van der Waals surface area contributed by atoms with Gasteiger partial charge in [0.2, 0.25) is 10.0 Å². The second-order valence-corrected chi connectivity index (χ2v) is 11.4. The zero-order valence-electron chi connectivity index (χ0n) is 19.1. The Labute approximate surface area is 211 Å². The molecule has 184 valence electrons. The van der Waals surface area contributed by atoms with Crippen LogP contribution in [0.15, 0.2) is 47.4 Å². The summed E-state index contributed by atoms with van der Waals surface area (Å²) in [6.45, 7) is 6.25. The van der Waals surface area contributed by atoms with Gasteiger partial charge in [-0.2, -0.15) is 0 Å². The first-order valence-corrected chi connectivity index (χ1v) is 13.9. The fraction of sp³-hybridized carbons (Fsp3) is 0.458. The van der Waals surface area contributed by atoms with Gasteiger partial charge in [0.15, 0.2) is 4.84 Å². The van der Waals surface area contributed by atoms with Crippen molar-refractivity contribution in [3.63, 3.8) is 0 Å². The highest BCUT2D eigenvalue weighted by Crippen LogP contribution is 2.34. The molecule has 1 heterocycles. The fourth-order valence-electron chi connectivity index (χ4n) is 4.70. The van der Waals surface area contributed by atoms with Crippen LogP contribution >= 0.6 is 23.2 Å². The lowest BCUT2D eigenvalue weighted by Gasteiger charge is -2.36. The zero-order valence-corrected chi connectivity index (χ0v) is 21.5. The van der Waals surface area contributed by atoms with Crippen LogP contribution in [0.25, 0.3) is 0 Å². The predicted octanol–water partition coefficient (Wildman–Crippen LogP) is 3.93. The average Bonchev–Trinajstić information content (AvgIpc) is 2.84. The number of rotatable bonds is 7. The van der Waals surface area contributed by atoms with Gasteiger partial charge in [0.05, 0.1) is 5.69 Å². The number of fused-ring (bicyclic) bond motifs is 1. The molecule has 34 heavy (non-hydrogen) atoms. The molecule has 1 aliphatic carbocycles. The SMILES string of the molecule is CCN1CCN(c2ccc(NC(=O)C(Cl)Cl)cc2S(=O)(=O)N[C@H]2CCCc3ccccc32)CC1. The van der Waals surface area contributed by atoms with Crippen molar-refractivity contribution >= 4 is 50.5 Å². The van der Waals surface area contributed by atoms with E-state index in [9.17, 15) is 13.2 Å². The van der Waals surface area contributed by atoms with Crippen LogP contribution in [0.4, 0.5) is 11.4 Å². The standard InChI is InChI=1S/C24H30Cl2N4O3S/c1-2-29-12-14-30(15-13-29)21-11-10-18(27-24(31)23(25)26)16-22(21)34(32,33)28-20-9-5-7-17-6-3-4-8-19(17)20/h3-4,6,8,10-11,16,20,23,28H,2,5,7,9,12-15H2,1H3,(H,27,31)/t20-/m0/s1. The van der Waals surface area contributed by atoms with Crippen molar-refractivity contribution in [1.29, 1.82) is 0 Å². The Morgan fingerprint density at radius 2 is 1.85 bits per heavy atom. The summed E-state index contributed by atoms with van der Waals surface area (Å²) in [7, 11) is -3.90. The van der Waals surface area contributed by atoms with Gasteiger partial charge in [-0.15, -0.1) is 0 Å². The number of hydrogen-bond acceptors (Lipinski definition) is 5. The molecule has 4 rings (SSSR count). The summed E-state index contributed by atoms with van der Waals surface area (Å²) < 4.78 is 30.4. The number of piperazine rings is 1. The molecule has 0 bridgehead atoms. The minimum Gasteiger partial charge on any atom is -0.368 e. The van der Waals surface area contributed by atoms with Crippen molar-refractivity contribution in [1.82, 2.24) is 9.62 Å². The summed E-state index contributed by atoms with van der Waals surface area (Å²) in [5.41, 5.74) is 3.15. The number of carbonyl (C=O) groups is 1. The molecule has 2 aromatic carbocycles. The minimum absolute atomic E-state index is 0.138. The summed E-state index contributed by atoms with van der Waals surface area (Å²) in [4.78, 5) is 15.3. The number of likely N-dealkylation sites (N-methyl/N-ethyl adjacent to an activating group) is 1. The third kappa shape index (κ3) is 5.69. The summed E-state index contributed by atoms with van der Waals surface area (Å²) in [5, 5.41) is 2.60. The van der Waals surface area contributed by atoms with Gasteiger partial charge in [-0.05, 0) is 55.1 Å². The van der Waals surface area contributed by atoms with Gasteiger partial charge < -0.3 is 15.1 Å². The summed E-state index contributed by atoms with van der Waals surface area (Å²) in [6, 6.07) is 12.6. The van der Waals surface area contributed by atoms with Crippen LogP contribution in [0.3, 0.4) is 0 Å². The highest BCUT2D eigenvalue weighted by Gasteiger charge is 2.30. The molecule has 2 aromatic rings. The lowest BCUT2D eigenvalue weighted by molar-refractivity contribution is -0.114. The number of halogens is 2. The molecule has 7 nitrogen and oxygen atoms in total. The first-order chi connectivity index (χ1) is 16.3. The Morgan fingerprint density at radius 3 is 2.56 bits per heavy atom. The van der Waals surface area contributed by atoms with E-state index in [-0.39, 0.29) is 10.9 Å². The largest absolute Gasteiger partial charge is 0.368 e. The number of carbonyl (C=O) groups excluding carboxylic acids is 1. The molecule has 0 unspecified atom stereocenters. The van der Waals surface area contributed by atoms with Crippen molar-refractivity contribution in [3.8, 4) is 0 Å². The van der Waals surface area contributed by atoms with E-state index in [1.807, 2.05) is 18.2 Å². The van der Waals surface area contributed by atoms with Crippen molar-refractivity contribution < 1.29 is 13.2 Å². The molecule has 0 spiro atoms. The Kier molecular flexibility index (Phi) is 8.05. The molecule has 1 amide bonds. The Hall–Kier alpha value is -1.84. The van der Waals surface area contributed by atoms with Gasteiger partial charge in [-0.1, -0.05) is 54.4 Å². The van der Waals surface area contributed by atoms with Gasteiger partial charge in [0.1, 0.15) is 4.90 Å². The predicted molar refractivity (Wildman–Crippen MR) is 137 cm³/mol. The summed E-state index contributed by atoms with van der Waals surface area (Å²) in [5.74, 6) is -0.606. The molecule has 1 atom stereocenters. The molecule has 0 saturated carbocycles. The van der Waals surface area contributed by atoms with Gasteiger partial charge in [0.25, 0.3) is 5.91 Å². The minimum atomic E-state index is -3.90. The van der Waals surface area contributed by atoms with E-state index in [4.69, 9.17) is 23.2 Å². The maximum atomic E-state index is 13.8. The Balaban J connectivity index is 1.67. The van der Waals surface area contributed by atoms with Crippen molar-refractivity contribution in [3.05, 3.63) is 53.6 Å². The Bertz CT molecular complexity index is 1130. The average molecular weight is 526 g/mol. The van der Waals surface area contributed by atoms with Crippen LogP contribution < -0.4 is 14.9 Å². The Morgan fingerprint density at radius 1 is 1.12 bits per heavy atom. The van der Waals surface area contributed by atoms with Crippen LogP contribution in [0.5, 0.6) is 0 Å². The van der Waals surface area contributed by atoms with E-state index in [1.54, 1.807) is 12.1 Å². The number of aryl methyl sites for hydroxylation is 1. The summed E-state index contributed by atoms with van der Waals surface area (Å²) >= 11 is 11.3. The van der Waals surface area contributed by atoms with Crippen LogP contribution in [0.2, 0.25) is 0 Å². The number of sulfonamides is 1. The molecule has 10 heteroatoms. The quantitative estimate of drug-likeness (QED) is 0.536. The number of benzene rings is 2. The zero-order chi connectivity index (χ0) is 24.3. The van der Waals surface area contributed by atoms with E-state index in [0.717, 1.165) is 57.5 Å². The second kappa shape index (κ2) is 10.8. The van der Waals surface area contributed by atoms with Crippen molar-refractivity contribution in [2.75, 3.05) is 42.9 Å². The van der Waals surface area contributed by atoms with Crippen molar-refractivity contribution in [2.24, 2.45) is 0 Å². The van der Waals surface area contributed by atoms with Gasteiger partial charge in [-0.3, -0.25) is 4.79 Å². The van der Waals surface area contributed by atoms with Crippen molar-refractivity contribution in [2.45, 2.75) is 42.0 Å². The molecule has 2 N–H and O–H groups in total. The normalized spacial score (nSPS) is 19.2. The van der Waals surface area contributed by atoms with E-state index in [2.05, 4.69) is 32.8 Å². The van der Waals surface area contributed by atoms with Gasteiger partial charge in [-0.25, -0.2) is 13.1 Å². The molecule has 2 aliphatic rings. The third-order valence-electron chi connectivity index (χ3n) is 6.54. The monoisotopic (exact) mass is 524 g/mol. The lowest BCUT2D eigenvalue weighted by Crippen LogP contribution is -2.46. The molecule has 1 aliphatic heterocycles. The highest BCUT2D eigenvalue weighted by atomic mass is 35.5. The number of nitrogens with zero attached hydrogens (tertiary/aromatic N) is 2. The molecular formula is C24H30Cl2N4O3S. The number of alkyl halides is 2.